The van der Waals surface area contributed by atoms with Crippen molar-refractivity contribution in [1.29, 1.82) is 0 Å². The third kappa shape index (κ3) is 8.82. The first-order valence-corrected chi connectivity index (χ1v) is 4.39. The molecule has 0 atom stereocenters. The Balaban J connectivity index is 0. The van der Waals surface area contributed by atoms with Gasteiger partial charge in [0.25, 0.3) is 0 Å². The summed E-state index contributed by atoms with van der Waals surface area (Å²) in [6.45, 7) is 2.40. The van der Waals surface area contributed by atoms with Crippen LogP contribution in [0.25, 0.3) is 0 Å². The number of carboxylic acid groups (broad SMARTS) is 2. The maximum Gasteiger partial charge on any atom is 0.321 e. The number of aliphatic carboxylic acids is 2. The van der Waals surface area contributed by atoms with Crippen LogP contribution in [0, 0.1) is 5.92 Å². The fourth-order valence-corrected chi connectivity index (χ4v) is 0.757. The van der Waals surface area contributed by atoms with Gasteiger partial charge < -0.3 is 15.9 Å². The molecule has 7 heteroatoms. The van der Waals surface area contributed by atoms with E-state index in [0.29, 0.717) is 0 Å². The lowest BCUT2D eigenvalue weighted by atomic mass is 10.0. The molecule has 0 aliphatic carbocycles. The molecule has 0 radical (unpaired) electrons. The molecule has 0 aromatic rings. The Kier molecular flexibility index (Phi) is 8.89. The van der Waals surface area contributed by atoms with Gasteiger partial charge in [-0.2, -0.15) is 0 Å². The molecule has 0 aromatic carbocycles. The predicted octanol–water partition coefficient (Wildman–Crippen LogP) is -0.715. The summed E-state index contributed by atoms with van der Waals surface area (Å²) in [6, 6.07) is 0. The van der Waals surface area contributed by atoms with Crippen LogP contribution in [0.5, 0.6) is 0 Å². The Bertz CT molecular complexity index is 252. The van der Waals surface area contributed by atoms with Crippen molar-refractivity contribution in [2.45, 2.75) is 20.3 Å². The number of ketones is 2. The summed E-state index contributed by atoms with van der Waals surface area (Å²) in [6.07, 6.45) is 0.0694. The van der Waals surface area contributed by atoms with Gasteiger partial charge in [-0.25, -0.2) is 0 Å². The molecule has 0 spiro atoms. The number of hydrogen-bond acceptors (Lipinski definition) is 5. The molecular weight excluding hydrogens is 218 g/mol. The molecule has 0 aromatic heterocycles. The van der Waals surface area contributed by atoms with Crippen LogP contribution < -0.4 is 5.73 Å². The molecule has 0 amide bonds. The lowest BCUT2D eigenvalue weighted by Gasteiger charge is -2.01. The molecule has 0 bridgehead atoms. The zero-order chi connectivity index (χ0) is 13.3. The van der Waals surface area contributed by atoms with Gasteiger partial charge in [-0.05, 0) is 13.8 Å². The molecule has 0 fully saturated rings. The van der Waals surface area contributed by atoms with Crippen LogP contribution in [0.2, 0.25) is 0 Å². The Morgan fingerprint density at radius 1 is 1.06 bits per heavy atom. The monoisotopic (exact) mass is 233 g/mol. The number of carbonyl (C=O) groups is 4. The van der Waals surface area contributed by atoms with Gasteiger partial charge in [0.05, 0.1) is 6.42 Å². The fraction of sp³-hybridized carbons (Fsp3) is 0.556. The quantitative estimate of drug-likeness (QED) is 0.533. The van der Waals surface area contributed by atoms with Crippen molar-refractivity contribution in [3.8, 4) is 0 Å². The molecular formula is C9H15NO6. The molecule has 0 aliphatic rings. The van der Waals surface area contributed by atoms with E-state index < -0.39 is 29.4 Å². The first-order valence-electron chi connectivity index (χ1n) is 4.39. The van der Waals surface area contributed by atoms with Gasteiger partial charge in [0.1, 0.15) is 0 Å². The second kappa shape index (κ2) is 8.54. The smallest absolute Gasteiger partial charge is 0.321 e. The van der Waals surface area contributed by atoms with Crippen molar-refractivity contribution < 1.29 is 29.4 Å². The van der Waals surface area contributed by atoms with E-state index in [0.717, 1.165) is 13.8 Å². The zero-order valence-corrected chi connectivity index (χ0v) is 9.10. The molecule has 16 heavy (non-hydrogen) atoms. The van der Waals surface area contributed by atoms with Crippen LogP contribution in [0.1, 0.15) is 20.3 Å². The maximum atomic E-state index is 10.4. The summed E-state index contributed by atoms with van der Waals surface area (Å²) in [4.78, 5) is 40.5. The van der Waals surface area contributed by atoms with E-state index in [4.69, 9.17) is 15.9 Å². The van der Waals surface area contributed by atoms with E-state index in [1.807, 2.05) is 0 Å². The highest BCUT2D eigenvalue weighted by Gasteiger charge is 2.26. The van der Waals surface area contributed by atoms with E-state index in [1.54, 1.807) is 0 Å². The zero-order valence-electron chi connectivity index (χ0n) is 9.10. The number of rotatable bonds is 5. The van der Waals surface area contributed by atoms with Crippen LogP contribution >= 0.6 is 0 Å². The molecule has 0 saturated heterocycles. The van der Waals surface area contributed by atoms with Crippen molar-refractivity contribution in [1.82, 2.24) is 0 Å². The third-order valence-corrected chi connectivity index (χ3v) is 1.42. The van der Waals surface area contributed by atoms with Crippen molar-refractivity contribution >= 4 is 23.5 Å². The van der Waals surface area contributed by atoms with Crippen molar-refractivity contribution in [3.63, 3.8) is 0 Å². The Labute approximate surface area is 92.2 Å². The second-order valence-electron chi connectivity index (χ2n) is 2.92. The Morgan fingerprint density at radius 3 is 1.44 bits per heavy atom. The highest BCUT2D eigenvalue weighted by atomic mass is 16.4. The van der Waals surface area contributed by atoms with Crippen molar-refractivity contribution in [2.24, 2.45) is 11.7 Å². The SMILES string of the molecule is CC(=O)C(C(C)=O)C(=O)O.NCCC(=O)O. The van der Waals surface area contributed by atoms with Crippen LogP contribution in [0.4, 0.5) is 0 Å². The number of hydrogen-bond donors (Lipinski definition) is 3. The number of carboxylic acids is 2. The fourth-order valence-electron chi connectivity index (χ4n) is 0.757. The maximum absolute atomic E-state index is 10.4. The van der Waals surface area contributed by atoms with E-state index >= 15 is 0 Å². The highest BCUT2D eigenvalue weighted by molar-refractivity contribution is 6.15. The summed E-state index contributed by atoms with van der Waals surface area (Å²) in [7, 11) is 0. The molecule has 92 valence electrons. The number of carbonyl (C=O) groups excluding carboxylic acids is 2. The Morgan fingerprint density at radius 2 is 1.44 bits per heavy atom. The molecule has 0 aliphatic heterocycles. The summed E-state index contributed by atoms with van der Waals surface area (Å²) in [5.74, 6) is -4.93. The van der Waals surface area contributed by atoms with Gasteiger partial charge in [0, 0.05) is 6.54 Å². The summed E-state index contributed by atoms with van der Waals surface area (Å²) >= 11 is 0. The van der Waals surface area contributed by atoms with Gasteiger partial charge in [-0.15, -0.1) is 0 Å². The number of Topliss-reactive ketones (excluding diaryl/α,β-unsaturated/α-hetero) is 2. The average molecular weight is 233 g/mol. The van der Waals surface area contributed by atoms with Crippen molar-refractivity contribution in [3.05, 3.63) is 0 Å². The van der Waals surface area contributed by atoms with Gasteiger partial charge in [0.2, 0.25) is 0 Å². The van der Waals surface area contributed by atoms with E-state index in [1.165, 1.54) is 0 Å². The molecule has 0 heterocycles. The molecule has 0 rings (SSSR count). The lowest BCUT2D eigenvalue weighted by Crippen LogP contribution is -2.27. The van der Waals surface area contributed by atoms with Gasteiger partial charge in [-0.1, -0.05) is 0 Å². The molecule has 0 unspecified atom stereocenters. The van der Waals surface area contributed by atoms with Gasteiger partial charge in [0.15, 0.2) is 17.5 Å². The topological polar surface area (TPSA) is 135 Å². The third-order valence-electron chi connectivity index (χ3n) is 1.42. The van der Waals surface area contributed by atoms with Crippen LogP contribution in [0.3, 0.4) is 0 Å². The summed E-state index contributed by atoms with van der Waals surface area (Å²) in [5.41, 5.74) is 4.85. The minimum Gasteiger partial charge on any atom is -0.481 e. The van der Waals surface area contributed by atoms with E-state index in [2.05, 4.69) is 0 Å². The summed E-state index contributed by atoms with van der Waals surface area (Å²) < 4.78 is 0. The van der Waals surface area contributed by atoms with E-state index in [-0.39, 0.29) is 13.0 Å². The molecule has 0 saturated carbocycles. The van der Waals surface area contributed by atoms with Gasteiger partial charge in [-0.3, -0.25) is 19.2 Å². The van der Waals surface area contributed by atoms with Crippen LogP contribution in [-0.2, 0) is 19.2 Å². The Hall–Kier alpha value is -1.76. The van der Waals surface area contributed by atoms with Crippen LogP contribution in [0.15, 0.2) is 0 Å². The first kappa shape index (κ1) is 16.7. The largest absolute Gasteiger partial charge is 0.481 e. The predicted molar refractivity (Wildman–Crippen MR) is 53.8 cm³/mol. The van der Waals surface area contributed by atoms with Crippen LogP contribution in [-0.4, -0.2) is 40.3 Å². The average Bonchev–Trinajstić information content (AvgIpc) is 2.00. The standard InChI is InChI=1S/C6H8O4.C3H7NO2/c1-3(7)5(4(2)8)6(9)10;4-2-1-3(5)6/h5H,1-2H3,(H,9,10);1-2,4H2,(H,5,6). The first-order chi connectivity index (χ1) is 7.23. The highest BCUT2D eigenvalue weighted by Crippen LogP contribution is 1.99. The van der Waals surface area contributed by atoms with E-state index in [9.17, 15) is 19.2 Å². The second-order valence-corrected chi connectivity index (χ2v) is 2.92. The normalized spacial score (nSPS) is 9.00. The number of nitrogens with two attached hydrogens (primary N) is 1. The molecule has 4 N–H and O–H groups in total. The minimum atomic E-state index is -1.47. The summed E-state index contributed by atoms with van der Waals surface area (Å²) in [5, 5.41) is 16.1. The van der Waals surface area contributed by atoms with Crippen molar-refractivity contribution in [2.75, 3.05) is 6.54 Å². The minimum absolute atomic E-state index is 0.0694. The molecule has 7 nitrogen and oxygen atoms in total. The lowest BCUT2D eigenvalue weighted by molar-refractivity contribution is -0.149. The van der Waals surface area contributed by atoms with Gasteiger partial charge >= 0.3 is 11.9 Å².